The van der Waals surface area contributed by atoms with E-state index in [2.05, 4.69) is 15.4 Å². The van der Waals surface area contributed by atoms with Gasteiger partial charge >= 0.3 is 0 Å². The number of hydrogen-bond donors (Lipinski definition) is 1. The topological polar surface area (TPSA) is 76.9 Å². The zero-order chi connectivity index (χ0) is 19.2. The fourth-order valence-electron chi connectivity index (χ4n) is 2.68. The molecule has 0 aliphatic heterocycles. The Bertz CT molecular complexity index is 912. The number of benzene rings is 2. The van der Waals surface area contributed by atoms with Gasteiger partial charge in [0.2, 0.25) is 5.91 Å². The predicted molar refractivity (Wildman–Crippen MR) is 106 cm³/mol. The van der Waals surface area contributed by atoms with Gasteiger partial charge in [0, 0.05) is 10.8 Å². The highest BCUT2D eigenvalue weighted by atomic mass is 32.2. The average molecular weight is 382 g/mol. The van der Waals surface area contributed by atoms with Crippen LogP contribution in [-0.2, 0) is 21.3 Å². The normalized spacial score (nSPS) is 14.3. The van der Waals surface area contributed by atoms with Gasteiger partial charge in [-0.2, -0.15) is 5.10 Å². The first-order chi connectivity index (χ1) is 13.1. The molecule has 3 atom stereocenters. The highest BCUT2D eigenvalue weighted by Crippen LogP contribution is 2.14. The van der Waals surface area contributed by atoms with Crippen LogP contribution >= 0.6 is 0 Å². The second kappa shape index (κ2) is 8.73. The second-order valence-corrected chi connectivity index (χ2v) is 7.99. The number of amides is 1. The van der Waals surface area contributed by atoms with Crippen molar-refractivity contribution in [1.82, 2.24) is 20.1 Å². The molecule has 1 N–H and O–H groups in total. The number of carbonyl (C=O) groups excluding carboxylic acids is 1. The van der Waals surface area contributed by atoms with Crippen LogP contribution in [0.5, 0.6) is 0 Å². The quantitative estimate of drug-likeness (QED) is 0.682. The molecule has 140 valence electrons. The molecule has 1 heterocycles. The fraction of sp³-hybridized carbons (Fsp3) is 0.250. The van der Waals surface area contributed by atoms with Gasteiger partial charge in [0.15, 0.2) is 0 Å². The van der Waals surface area contributed by atoms with E-state index >= 15 is 0 Å². The molecule has 0 spiro atoms. The van der Waals surface area contributed by atoms with E-state index in [4.69, 9.17) is 0 Å². The van der Waals surface area contributed by atoms with Gasteiger partial charge in [0.1, 0.15) is 17.4 Å². The summed E-state index contributed by atoms with van der Waals surface area (Å²) in [6.07, 6.45) is 1.43. The third-order valence-corrected chi connectivity index (χ3v) is 5.86. The molecule has 1 aromatic heterocycles. The third kappa shape index (κ3) is 4.68. The molecule has 3 unspecified atom stereocenters. The first-order valence-electron chi connectivity index (χ1n) is 8.73. The summed E-state index contributed by atoms with van der Waals surface area (Å²) < 4.78 is 14.4. The lowest BCUT2D eigenvalue weighted by Crippen LogP contribution is -2.37. The first-order valence-corrected chi connectivity index (χ1v) is 10.1. The SMILES string of the molecule is CC(NC(=O)C(C)S(=O)Cc1ncnn1-c1ccccc1)c1ccccc1. The van der Waals surface area contributed by atoms with Crippen LogP contribution in [-0.4, -0.2) is 30.1 Å². The molecule has 0 bridgehead atoms. The maximum atomic E-state index is 12.7. The second-order valence-electron chi connectivity index (χ2n) is 6.23. The van der Waals surface area contributed by atoms with Crippen molar-refractivity contribution >= 4 is 16.7 Å². The Morgan fingerprint density at radius 2 is 1.70 bits per heavy atom. The summed E-state index contributed by atoms with van der Waals surface area (Å²) in [4.78, 5) is 16.7. The van der Waals surface area contributed by atoms with Crippen molar-refractivity contribution < 1.29 is 9.00 Å². The van der Waals surface area contributed by atoms with Crippen LogP contribution in [0, 0.1) is 0 Å². The molecule has 0 saturated carbocycles. The van der Waals surface area contributed by atoms with Crippen LogP contribution in [0.4, 0.5) is 0 Å². The van der Waals surface area contributed by atoms with E-state index in [0.717, 1.165) is 11.3 Å². The van der Waals surface area contributed by atoms with Crippen LogP contribution < -0.4 is 5.32 Å². The predicted octanol–water partition coefficient (Wildman–Crippen LogP) is 2.78. The molecule has 1 amide bonds. The standard InChI is InChI=1S/C20H22N4O2S/c1-15(17-9-5-3-6-10-17)23-20(25)16(2)27(26)13-19-21-14-22-24(19)18-11-7-4-8-12-18/h3-12,14-16H,13H2,1-2H3,(H,23,25). The van der Waals surface area contributed by atoms with E-state index < -0.39 is 16.0 Å². The summed E-state index contributed by atoms with van der Waals surface area (Å²) in [6, 6.07) is 19.1. The maximum Gasteiger partial charge on any atom is 0.235 e. The van der Waals surface area contributed by atoms with Crippen molar-refractivity contribution in [3.63, 3.8) is 0 Å². The lowest BCUT2D eigenvalue weighted by molar-refractivity contribution is -0.121. The van der Waals surface area contributed by atoms with E-state index in [1.807, 2.05) is 67.6 Å². The average Bonchev–Trinajstić information content (AvgIpc) is 3.16. The summed E-state index contributed by atoms with van der Waals surface area (Å²) >= 11 is 0. The molecule has 0 fully saturated rings. The number of hydrogen-bond acceptors (Lipinski definition) is 4. The zero-order valence-corrected chi connectivity index (χ0v) is 16.1. The highest BCUT2D eigenvalue weighted by Gasteiger charge is 2.23. The Morgan fingerprint density at radius 3 is 2.37 bits per heavy atom. The molecular weight excluding hydrogens is 360 g/mol. The molecule has 3 rings (SSSR count). The van der Waals surface area contributed by atoms with E-state index in [1.54, 1.807) is 11.6 Å². The largest absolute Gasteiger partial charge is 0.349 e. The Hall–Kier alpha value is -2.80. The Balaban J connectivity index is 1.65. The number of para-hydroxylation sites is 1. The van der Waals surface area contributed by atoms with Gasteiger partial charge in [-0.25, -0.2) is 9.67 Å². The van der Waals surface area contributed by atoms with Crippen molar-refractivity contribution in [3.8, 4) is 5.69 Å². The van der Waals surface area contributed by atoms with Gasteiger partial charge in [0.05, 0.1) is 17.5 Å². The smallest absolute Gasteiger partial charge is 0.235 e. The molecule has 27 heavy (non-hydrogen) atoms. The maximum absolute atomic E-state index is 12.7. The first kappa shape index (κ1) is 19.0. The number of nitrogens with one attached hydrogen (secondary N) is 1. The summed E-state index contributed by atoms with van der Waals surface area (Å²) in [6.45, 7) is 3.58. The molecule has 7 heteroatoms. The monoisotopic (exact) mass is 382 g/mol. The van der Waals surface area contributed by atoms with E-state index in [0.29, 0.717) is 5.82 Å². The minimum Gasteiger partial charge on any atom is -0.349 e. The van der Waals surface area contributed by atoms with Crippen LogP contribution in [0.15, 0.2) is 67.0 Å². The van der Waals surface area contributed by atoms with Gasteiger partial charge in [-0.05, 0) is 31.5 Å². The van der Waals surface area contributed by atoms with Crippen molar-refractivity contribution in [2.75, 3.05) is 0 Å². The van der Waals surface area contributed by atoms with Gasteiger partial charge in [-0.15, -0.1) is 0 Å². The van der Waals surface area contributed by atoms with E-state index in [1.165, 1.54) is 6.33 Å². The van der Waals surface area contributed by atoms with Crippen LogP contribution in [0.3, 0.4) is 0 Å². The molecule has 3 aromatic rings. The third-order valence-electron chi connectivity index (χ3n) is 4.31. The summed E-state index contributed by atoms with van der Waals surface area (Å²) in [7, 11) is -1.42. The highest BCUT2D eigenvalue weighted by molar-refractivity contribution is 7.85. The molecular formula is C20H22N4O2S. The van der Waals surface area contributed by atoms with Gasteiger partial charge in [-0.1, -0.05) is 48.5 Å². The van der Waals surface area contributed by atoms with Crippen LogP contribution in [0.2, 0.25) is 0 Å². The number of rotatable bonds is 7. The molecule has 0 saturated heterocycles. The summed E-state index contributed by atoms with van der Waals surface area (Å²) in [5.74, 6) is 0.481. The minimum absolute atomic E-state index is 0.147. The molecule has 0 aliphatic rings. The Morgan fingerprint density at radius 1 is 1.07 bits per heavy atom. The van der Waals surface area contributed by atoms with Crippen LogP contribution in [0.25, 0.3) is 5.69 Å². The molecule has 2 aromatic carbocycles. The van der Waals surface area contributed by atoms with Crippen molar-refractivity contribution in [1.29, 1.82) is 0 Å². The molecule has 0 aliphatic carbocycles. The van der Waals surface area contributed by atoms with Crippen molar-refractivity contribution in [2.45, 2.75) is 30.9 Å². The lowest BCUT2D eigenvalue weighted by atomic mass is 10.1. The zero-order valence-electron chi connectivity index (χ0n) is 15.3. The number of aromatic nitrogens is 3. The van der Waals surface area contributed by atoms with Gasteiger partial charge < -0.3 is 5.32 Å². The van der Waals surface area contributed by atoms with Crippen molar-refractivity contribution in [2.24, 2.45) is 0 Å². The van der Waals surface area contributed by atoms with Gasteiger partial charge in [-0.3, -0.25) is 9.00 Å². The fourth-order valence-corrected chi connectivity index (χ4v) is 3.68. The number of carbonyl (C=O) groups is 1. The molecule has 6 nitrogen and oxygen atoms in total. The Labute approximate surface area is 161 Å². The lowest BCUT2D eigenvalue weighted by Gasteiger charge is -2.17. The van der Waals surface area contributed by atoms with E-state index in [9.17, 15) is 9.00 Å². The van der Waals surface area contributed by atoms with Crippen LogP contribution in [0.1, 0.15) is 31.3 Å². The number of nitrogens with zero attached hydrogens (tertiary/aromatic N) is 3. The molecule has 0 radical (unpaired) electrons. The summed E-state index contributed by atoms with van der Waals surface area (Å²) in [5, 5.41) is 6.47. The Kier molecular flexibility index (Phi) is 6.13. The summed E-state index contributed by atoms with van der Waals surface area (Å²) in [5.41, 5.74) is 1.85. The van der Waals surface area contributed by atoms with E-state index in [-0.39, 0.29) is 17.7 Å². The minimum atomic E-state index is -1.42. The van der Waals surface area contributed by atoms with Crippen molar-refractivity contribution in [3.05, 3.63) is 78.4 Å². The van der Waals surface area contributed by atoms with Gasteiger partial charge in [0.25, 0.3) is 0 Å².